The highest BCUT2D eigenvalue weighted by molar-refractivity contribution is 7.09. The van der Waals surface area contributed by atoms with Gasteiger partial charge < -0.3 is 5.11 Å². The maximum atomic E-state index is 10.6. The zero-order chi connectivity index (χ0) is 11.5. The number of carbonyl (C=O) groups is 1. The van der Waals surface area contributed by atoms with Gasteiger partial charge in [0.25, 0.3) is 0 Å². The van der Waals surface area contributed by atoms with Gasteiger partial charge in [0.15, 0.2) is 0 Å². The molecular formula is C11H16N2O2S. The molecule has 0 saturated carbocycles. The van der Waals surface area contributed by atoms with Crippen molar-refractivity contribution in [1.82, 2.24) is 9.88 Å². The van der Waals surface area contributed by atoms with Crippen molar-refractivity contribution in [2.24, 2.45) is 5.92 Å². The van der Waals surface area contributed by atoms with E-state index >= 15 is 0 Å². The molecule has 1 fully saturated rings. The minimum absolute atomic E-state index is 0.298. The largest absolute Gasteiger partial charge is 0.481 e. The van der Waals surface area contributed by atoms with Crippen molar-refractivity contribution in [3.05, 3.63) is 16.6 Å². The van der Waals surface area contributed by atoms with E-state index in [9.17, 15) is 4.79 Å². The van der Waals surface area contributed by atoms with Gasteiger partial charge >= 0.3 is 5.97 Å². The Labute approximate surface area is 98.9 Å². The molecule has 88 valence electrons. The summed E-state index contributed by atoms with van der Waals surface area (Å²) in [5.74, 6) is -0.370. The van der Waals surface area contributed by atoms with Crippen molar-refractivity contribution >= 4 is 17.3 Å². The lowest BCUT2D eigenvalue weighted by Crippen LogP contribution is -2.24. The molecule has 4 nitrogen and oxygen atoms in total. The summed E-state index contributed by atoms with van der Waals surface area (Å²) in [4.78, 5) is 18.3. The first-order valence-electron chi connectivity index (χ1n) is 5.51. The molecule has 0 radical (unpaired) electrons. The van der Waals surface area contributed by atoms with E-state index in [1.807, 2.05) is 11.7 Å². The average Bonchev–Trinajstić information content (AvgIpc) is 2.84. The van der Waals surface area contributed by atoms with Crippen LogP contribution in [0.4, 0.5) is 0 Å². The highest BCUT2D eigenvalue weighted by Gasteiger charge is 2.28. The van der Waals surface area contributed by atoms with Crippen molar-refractivity contribution in [2.45, 2.75) is 25.8 Å². The Bertz CT molecular complexity index is 353. The smallest absolute Gasteiger partial charge is 0.303 e. The second-order valence-electron chi connectivity index (χ2n) is 4.33. The van der Waals surface area contributed by atoms with Crippen LogP contribution in [-0.2, 0) is 4.79 Å². The van der Waals surface area contributed by atoms with Crippen LogP contribution in [0.1, 0.15) is 30.7 Å². The van der Waals surface area contributed by atoms with Crippen molar-refractivity contribution in [2.75, 3.05) is 13.1 Å². The fraction of sp³-hybridized carbons (Fsp3) is 0.636. The Balaban J connectivity index is 1.91. The van der Waals surface area contributed by atoms with Crippen molar-refractivity contribution in [3.63, 3.8) is 0 Å². The minimum Gasteiger partial charge on any atom is -0.481 e. The van der Waals surface area contributed by atoms with E-state index in [1.165, 1.54) is 4.88 Å². The lowest BCUT2D eigenvalue weighted by Gasteiger charge is -2.22. The number of thiazole rings is 1. The third-order valence-electron chi connectivity index (χ3n) is 3.19. The van der Waals surface area contributed by atoms with E-state index in [4.69, 9.17) is 5.11 Å². The topological polar surface area (TPSA) is 53.4 Å². The maximum absolute atomic E-state index is 10.6. The van der Waals surface area contributed by atoms with E-state index in [-0.39, 0.29) is 0 Å². The molecule has 1 aliphatic rings. The van der Waals surface area contributed by atoms with Gasteiger partial charge in [0, 0.05) is 30.1 Å². The van der Waals surface area contributed by atoms with Gasteiger partial charge in [-0.25, -0.2) is 0 Å². The Morgan fingerprint density at radius 3 is 3.25 bits per heavy atom. The van der Waals surface area contributed by atoms with Gasteiger partial charge in [0.1, 0.15) is 0 Å². The summed E-state index contributed by atoms with van der Waals surface area (Å²) in [5.41, 5.74) is 1.84. The summed E-state index contributed by atoms with van der Waals surface area (Å²) in [6.07, 6.45) is 3.20. The summed E-state index contributed by atoms with van der Waals surface area (Å²) in [5, 5.41) is 8.76. The summed E-state index contributed by atoms with van der Waals surface area (Å²) < 4.78 is 0. The van der Waals surface area contributed by atoms with Gasteiger partial charge in [-0.1, -0.05) is 0 Å². The number of aromatic nitrogens is 1. The highest BCUT2D eigenvalue weighted by Crippen LogP contribution is 2.30. The summed E-state index contributed by atoms with van der Waals surface area (Å²) >= 11 is 1.66. The van der Waals surface area contributed by atoms with E-state index in [2.05, 4.69) is 16.8 Å². The predicted molar refractivity (Wildman–Crippen MR) is 62.5 cm³/mol. The second kappa shape index (κ2) is 4.93. The van der Waals surface area contributed by atoms with Crippen LogP contribution in [-0.4, -0.2) is 34.0 Å². The molecule has 1 aromatic rings. The van der Waals surface area contributed by atoms with Crippen LogP contribution in [0.2, 0.25) is 0 Å². The Morgan fingerprint density at radius 2 is 2.62 bits per heavy atom. The minimum atomic E-state index is -0.683. The fourth-order valence-corrected chi connectivity index (χ4v) is 2.95. The summed E-state index contributed by atoms with van der Waals surface area (Å²) in [6, 6.07) is 0.367. The molecule has 2 atom stereocenters. The number of aliphatic carboxylic acids is 1. The Kier molecular flexibility index (Phi) is 3.56. The van der Waals surface area contributed by atoms with Crippen LogP contribution < -0.4 is 0 Å². The van der Waals surface area contributed by atoms with Gasteiger partial charge in [-0.3, -0.25) is 14.7 Å². The Morgan fingerprint density at radius 1 is 1.81 bits per heavy atom. The normalized spacial score (nSPS) is 23.4. The quantitative estimate of drug-likeness (QED) is 0.874. The van der Waals surface area contributed by atoms with Crippen LogP contribution in [0.3, 0.4) is 0 Å². The standard InChI is InChI=1S/C11H16N2O2S/c1-8(10-5-12-7-16-10)13-3-2-9(6-13)4-11(14)15/h5,7-9H,2-4,6H2,1H3,(H,14,15). The lowest BCUT2D eigenvalue weighted by molar-refractivity contribution is -0.138. The molecule has 2 rings (SSSR count). The zero-order valence-electron chi connectivity index (χ0n) is 9.30. The van der Waals surface area contributed by atoms with Crippen LogP contribution >= 0.6 is 11.3 Å². The average molecular weight is 240 g/mol. The monoisotopic (exact) mass is 240 g/mol. The number of nitrogens with zero attached hydrogens (tertiary/aromatic N) is 2. The van der Waals surface area contributed by atoms with Gasteiger partial charge in [0.2, 0.25) is 0 Å². The number of rotatable bonds is 4. The van der Waals surface area contributed by atoms with Gasteiger partial charge in [-0.2, -0.15) is 0 Å². The molecule has 1 aliphatic heterocycles. The van der Waals surface area contributed by atoms with Crippen LogP contribution in [0.5, 0.6) is 0 Å². The van der Waals surface area contributed by atoms with Crippen molar-refractivity contribution in [1.29, 1.82) is 0 Å². The number of carboxylic acid groups (broad SMARTS) is 1. The molecule has 0 aliphatic carbocycles. The van der Waals surface area contributed by atoms with Crippen molar-refractivity contribution in [3.8, 4) is 0 Å². The first-order valence-corrected chi connectivity index (χ1v) is 6.39. The van der Waals surface area contributed by atoms with Crippen LogP contribution in [0.15, 0.2) is 11.7 Å². The predicted octanol–water partition coefficient (Wildman–Crippen LogP) is 2.00. The Hall–Kier alpha value is -0.940. The van der Waals surface area contributed by atoms with Crippen molar-refractivity contribution < 1.29 is 9.90 Å². The van der Waals surface area contributed by atoms with Gasteiger partial charge in [-0.05, 0) is 25.8 Å². The van der Waals surface area contributed by atoms with Crippen LogP contribution in [0.25, 0.3) is 0 Å². The number of carboxylic acids is 1. The SMILES string of the molecule is CC(c1cncs1)N1CCC(CC(=O)O)C1. The molecule has 0 bridgehead atoms. The summed E-state index contributed by atoms with van der Waals surface area (Å²) in [7, 11) is 0. The molecule has 2 unspecified atom stereocenters. The molecule has 0 spiro atoms. The fourth-order valence-electron chi connectivity index (χ4n) is 2.24. The lowest BCUT2D eigenvalue weighted by atomic mass is 10.1. The number of hydrogen-bond donors (Lipinski definition) is 1. The molecule has 1 aromatic heterocycles. The second-order valence-corrected chi connectivity index (χ2v) is 5.25. The third-order valence-corrected chi connectivity index (χ3v) is 4.14. The van der Waals surface area contributed by atoms with Gasteiger partial charge in [0.05, 0.1) is 5.51 Å². The molecule has 1 N–H and O–H groups in total. The first-order chi connectivity index (χ1) is 7.66. The molecule has 5 heteroatoms. The molecule has 16 heavy (non-hydrogen) atoms. The van der Waals surface area contributed by atoms with Gasteiger partial charge in [-0.15, -0.1) is 11.3 Å². The maximum Gasteiger partial charge on any atom is 0.303 e. The summed E-state index contributed by atoms with van der Waals surface area (Å²) in [6.45, 7) is 4.05. The van der Waals surface area contributed by atoms with E-state index < -0.39 is 5.97 Å². The highest BCUT2D eigenvalue weighted by atomic mass is 32.1. The van der Waals surface area contributed by atoms with E-state index in [0.717, 1.165) is 19.5 Å². The number of likely N-dealkylation sites (tertiary alicyclic amines) is 1. The van der Waals surface area contributed by atoms with E-state index in [1.54, 1.807) is 11.3 Å². The molecule has 0 amide bonds. The molecular weight excluding hydrogens is 224 g/mol. The van der Waals surface area contributed by atoms with Crippen LogP contribution in [0, 0.1) is 5.92 Å². The molecule has 1 saturated heterocycles. The third kappa shape index (κ3) is 2.59. The molecule has 0 aromatic carbocycles. The number of hydrogen-bond acceptors (Lipinski definition) is 4. The van der Waals surface area contributed by atoms with E-state index in [0.29, 0.717) is 18.4 Å². The zero-order valence-corrected chi connectivity index (χ0v) is 10.1. The molecule has 2 heterocycles. The first kappa shape index (κ1) is 11.5.